The van der Waals surface area contributed by atoms with Crippen LogP contribution in [0.1, 0.15) is 5.56 Å². The Morgan fingerprint density at radius 2 is 1.94 bits per heavy atom. The van der Waals surface area contributed by atoms with E-state index in [0.717, 1.165) is 16.6 Å². The van der Waals surface area contributed by atoms with Crippen molar-refractivity contribution in [1.29, 1.82) is 0 Å². The number of hydrogen-bond acceptors (Lipinski definition) is 5. The Morgan fingerprint density at radius 1 is 1.13 bits per heavy atom. The third kappa shape index (κ3) is 2.98. The fraction of sp³-hybridized carbons (Fsp3) is 0.136. The molecule has 1 saturated heterocycles. The lowest BCUT2D eigenvalue weighted by Gasteiger charge is -2.27. The van der Waals surface area contributed by atoms with Gasteiger partial charge in [-0.25, -0.2) is 4.79 Å². The third-order valence-corrected chi connectivity index (χ3v) is 5.61. The molecule has 3 heterocycles. The summed E-state index contributed by atoms with van der Waals surface area (Å²) in [7, 11) is 1.55. The van der Waals surface area contributed by atoms with E-state index in [4.69, 9.17) is 4.74 Å². The highest BCUT2D eigenvalue weighted by atomic mass is 16.5. The number of aromatic nitrogens is 3. The molecule has 156 valence electrons. The fourth-order valence-electron chi connectivity index (χ4n) is 3.98. The molecule has 1 aliphatic heterocycles. The van der Waals surface area contributed by atoms with E-state index in [-0.39, 0.29) is 12.4 Å². The molecule has 2 aromatic heterocycles. The Hall–Kier alpha value is -4.27. The van der Waals surface area contributed by atoms with Gasteiger partial charge in [0.1, 0.15) is 5.75 Å². The smallest absolute Gasteiger partial charge is 0.322 e. The monoisotopic (exact) mass is 417 g/mol. The second-order valence-corrected chi connectivity index (χ2v) is 7.40. The molecule has 1 fully saturated rings. The van der Waals surface area contributed by atoms with Crippen LogP contribution < -0.4 is 15.4 Å². The summed E-state index contributed by atoms with van der Waals surface area (Å²) in [5.74, 6) is 0.106. The summed E-state index contributed by atoms with van der Waals surface area (Å²) in [5.41, 5.74) is 0.945. The number of ether oxygens (including phenoxy) is 1. The zero-order valence-corrected chi connectivity index (χ0v) is 16.5. The number of methoxy groups -OCH3 is 1. The number of aromatic hydroxyl groups is 1. The van der Waals surface area contributed by atoms with Crippen molar-refractivity contribution in [3.63, 3.8) is 0 Å². The van der Waals surface area contributed by atoms with Gasteiger partial charge in [0.15, 0.2) is 11.4 Å². The van der Waals surface area contributed by atoms with Gasteiger partial charge >= 0.3 is 6.03 Å². The molecule has 5 rings (SSSR count). The van der Waals surface area contributed by atoms with Crippen LogP contribution in [-0.2, 0) is 16.9 Å². The average Bonchev–Trinajstić information content (AvgIpc) is 3.48. The molecule has 0 radical (unpaired) electrons. The highest BCUT2D eigenvalue weighted by molar-refractivity contribution is 6.07. The molecule has 0 spiro atoms. The van der Waals surface area contributed by atoms with E-state index in [1.165, 1.54) is 0 Å². The van der Waals surface area contributed by atoms with Crippen LogP contribution in [-0.4, -0.2) is 38.9 Å². The minimum absolute atomic E-state index is 0.0107. The first-order chi connectivity index (χ1) is 15.0. The maximum atomic E-state index is 12.9. The summed E-state index contributed by atoms with van der Waals surface area (Å²) < 4.78 is 6.79. The second-order valence-electron chi connectivity index (χ2n) is 7.40. The maximum absolute atomic E-state index is 12.9. The van der Waals surface area contributed by atoms with Crippen LogP contribution in [0.15, 0.2) is 60.9 Å². The number of fused-ring (bicyclic) bond motifs is 1. The van der Waals surface area contributed by atoms with E-state index in [1.807, 2.05) is 24.3 Å². The fourth-order valence-corrected chi connectivity index (χ4v) is 3.98. The lowest BCUT2D eigenvalue weighted by molar-refractivity contribution is -0.124. The minimum Gasteiger partial charge on any atom is -0.497 e. The summed E-state index contributed by atoms with van der Waals surface area (Å²) in [6, 6.07) is 13.9. The summed E-state index contributed by atoms with van der Waals surface area (Å²) in [5, 5.41) is 24.1. The predicted molar refractivity (Wildman–Crippen MR) is 113 cm³/mol. The van der Waals surface area contributed by atoms with Crippen molar-refractivity contribution in [1.82, 2.24) is 25.4 Å². The number of rotatable bonds is 5. The first kappa shape index (κ1) is 18.7. The standard InChI is InChI=1S/C22H19N5O4/c1-31-16-7-4-14-11-27(19(28)17(14)10-16)12-22(20(29)24-21(30)25-22)15-5-2-13(3-6-15)18-8-9-23-26-18/h2-11,28H,12H2,1H3,(H,23,26)(H2,24,25,29,30)/t22-/m0/s1. The number of carbonyl (C=O) groups excluding carboxylic acids is 2. The van der Waals surface area contributed by atoms with Crippen LogP contribution in [0.5, 0.6) is 11.6 Å². The molecule has 31 heavy (non-hydrogen) atoms. The van der Waals surface area contributed by atoms with Crippen LogP contribution in [0.2, 0.25) is 0 Å². The lowest BCUT2D eigenvalue weighted by atomic mass is 9.89. The van der Waals surface area contributed by atoms with E-state index in [0.29, 0.717) is 16.7 Å². The van der Waals surface area contributed by atoms with Gasteiger partial charge in [0.2, 0.25) is 0 Å². The number of aromatic amines is 1. The van der Waals surface area contributed by atoms with Crippen molar-refractivity contribution in [2.24, 2.45) is 0 Å². The molecule has 4 aromatic rings. The van der Waals surface area contributed by atoms with Gasteiger partial charge in [-0.3, -0.25) is 15.2 Å². The van der Waals surface area contributed by atoms with Gasteiger partial charge in [-0.1, -0.05) is 24.3 Å². The molecule has 9 heteroatoms. The Labute approximate surface area is 176 Å². The first-order valence-electron chi connectivity index (χ1n) is 9.60. The van der Waals surface area contributed by atoms with E-state index >= 15 is 0 Å². The zero-order chi connectivity index (χ0) is 21.6. The summed E-state index contributed by atoms with van der Waals surface area (Å²) in [4.78, 5) is 25.0. The van der Waals surface area contributed by atoms with E-state index in [9.17, 15) is 14.7 Å². The molecule has 2 aromatic carbocycles. The number of imide groups is 1. The van der Waals surface area contributed by atoms with Gasteiger partial charge < -0.3 is 19.7 Å². The van der Waals surface area contributed by atoms with Gasteiger partial charge in [0.25, 0.3) is 5.91 Å². The van der Waals surface area contributed by atoms with E-state index < -0.39 is 17.5 Å². The molecule has 1 aliphatic rings. The Bertz CT molecular complexity index is 1290. The normalized spacial score (nSPS) is 18.2. The Kier molecular flexibility index (Phi) is 4.18. The summed E-state index contributed by atoms with van der Waals surface area (Å²) in [6.45, 7) is 0.0107. The maximum Gasteiger partial charge on any atom is 0.322 e. The van der Waals surface area contributed by atoms with Crippen molar-refractivity contribution in [2.45, 2.75) is 12.1 Å². The molecule has 0 saturated carbocycles. The van der Waals surface area contributed by atoms with Crippen LogP contribution in [0.25, 0.3) is 22.0 Å². The summed E-state index contributed by atoms with van der Waals surface area (Å²) in [6.07, 6.45) is 3.40. The third-order valence-electron chi connectivity index (χ3n) is 5.61. The molecule has 4 N–H and O–H groups in total. The first-order valence-corrected chi connectivity index (χ1v) is 9.60. The van der Waals surface area contributed by atoms with Gasteiger partial charge in [0.05, 0.1) is 19.3 Å². The number of nitrogens with zero attached hydrogens (tertiary/aromatic N) is 2. The number of carbonyl (C=O) groups is 2. The number of nitrogens with one attached hydrogen (secondary N) is 3. The van der Waals surface area contributed by atoms with E-state index in [2.05, 4.69) is 20.8 Å². The van der Waals surface area contributed by atoms with Crippen LogP contribution in [0, 0.1) is 0 Å². The minimum atomic E-state index is -1.37. The van der Waals surface area contributed by atoms with Gasteiger partial charge in [-0.05, 0) is 35.4 Å². The van der Waals surface area contributed by atoms with E-state index in [1.54, 1.807) is 48.3 Å². The molecule has 3 amide bonds. The molecule has 0 bridgehead atoms. The number of hydrogen-bond donors (Lipinski definition) is 4. The van der Waals surface area contributed by atoms with Crippen molar-refractivity contribution in [3.8, 4) is 22.9 Å². The van der Waals surface area contributed by atoms with Crippen molar-refractivity contribution in [2.75, 3.05) is 7.11 Å². The quantitative estimate of drug-likeness (QED) is 0.372. The number of urea groups is 1. The molecular formula is C22H19N5O4. The molecule has 0 aliphatic carbocycles. The average molecular weight is 417 g/mol. The number of benzene rings is 2. The van der Waals surface area contributed by atoms with Gasteiger partial charge in [0, 0.05) is 23.2 Å². The van der Waals surface area contributed by atoms with Gasteiger partial charge in [-0.15, -0.1) is 0 Å². The Morgan fingerprint density at radius 3 is 2.58 bits per heavy atom. The number of H-pyrrole nitrogens is 1. The lowest BCUT2D eigenvalue weighted by Crippen LogP contribution is -2.47. The predicted octanol–water partition coefficient (Wildman–Crippen LogP) is 2.48. The number of amides is 3. The van der Waals surface area contributed by atoms with Crippen LogP contribution in [0.3, 0.4) is 0 Å². The molecular weight excluding hydrogens is 398 g/mol. The topological polar surface area (TPSA) is 121 Å². The SMILES string of the molecule is COc1ccc2cn(C[C@@]3(c4ccc(-c5ccn[nH]5)cc4)NC(=O)NC3=O)c(O)c2c1. The van der Waals surface area contributed by atoms with Crippen molar-refractivity contribution in [3.05, 3.63) is 66.5 Å². The highest BCUT2D eigenvalue weighted by Crippen LogP contribution is 2.35. The van der Waals surface area contributed by atoms with Crippen LogP contribution >= 0.6 is 0 Å². The van der Waals surface area contributed by atoms with Crippen LogP contribution in [0.4, 0.5) is 4.79 Å². The highest BCUT2D eigenvalue weighted by Gasteiger charge is 2.48. The largest absolute Gasteiger partial charge is 0.497 e. The molecule has 1 atom stereocenters. The Balaban J connectivity index is 1.57. The summed E-state index contributed by atoms with van der Waals surface area (Å²) >= 11 is 0. The second kappa shape index (κ2) is 6.91. The van der Waals surface area contributed by atoms with Crippen molar-refractivity contribution < 1.29 is 19.4 Å². The zero-order valence-electron chi connectivity index (χ0n) is 16.5. The molecule has 9 nitrogen and oxygen atoms in total. The van der Waals surface area contributed by atoms with Crippen molar-refractivity contribution >= 4 is 22.7 Å². The van der Waals surface area contributed by atoms with Gasteiger partial charge in [-0.2, -0.15) is 5.10 Å². The molecule has 0 unspecified atom stereocenters.